The van der Waals surface area contributed by atoms with E-state index in [-0.39, 0.29) is 25.0 Å². The van der Waals surface area contributed by atoms with Crippen LogP contribution in [0.1, 0.15) is 16.8 Å². The molecule has 1 N–H and O–H groups in total. The second kappa shape index (κ2) is 7.28. The van der Waals surface area contributed by atoms with E-state index >= 15 is 0 Å². The molecule has 0 saturated carbocycles. The van der Waals surface area contributed by atoms with E-state index in [1.165, 1.54) is 0 Å². The molecule has 6 heteroatoms. The molecule has 0 aliphatic carbocycles. The number of likely N-dealkylation sites (tertiary alicyclic amines) is 1. The zero-order chi connectivity index (χ0) is 19.7. The van der Waals surface area contributed by atoms with Crippen LogP contribution in [0.3, 0.4) is 0 Å². The number of para-hydroxylation sites is 1. The average Bonchev–Trinajstić information content (AvgIpc) is 3.14. The molecule has 0 unspecified atom stereocenters. The van der Waals surface area contributed by atoms with Crippen LogP contribution in [0.4, 0.5) is 0 Å². The molecule has 2 fully saturated rings. The minimum Gasteiger partial charge on any atom is -0.496 e. The van der Waals surface area contributed by atoms with E-state index in [0.29, 0.717) is 25.1 Å². The van der Waals surface area contributed by atoms with E-state index in [2.05, 4.69) is 0 Å². The van der Waals surface area contributed by atoms with Gasteiger partial charge in [0.05, 0.1) is 13.7 Å². The van der Waals surface area contributed by atoms with E-state index in [0.717, 1.165) is 16.9 Å². The van der Waals surface area contributed by atoms with Crippen LogP contribution in [0, 0.1) is 11.3 Å². The van der Waals surface area contributed by atoms with Crippen molar-refractivity contribution in [2.45, 2.75) is 6.42 Å². The van der Waals surface area contributed by atoms with Gasteiger partial charge < -0.3 is 19.5 Å². The number of carbonyl (C=O) groups is 2. The first-order chi connectivity index (χ1) is 13.5. The van der Waals surface area contributed by atoms with Crippen molar-refractivity contribution in [2.75, 3.05) is 33.4 Å². The van der Waals surface area contributed by atoms with Crippen molar-refractivity contribution in [1.29, 1.82) is 0 Å². The molecule has 2 atom stereocenters. The first-order valence-electron chi connectivity index (χ1n) is 9.39. The van der Waals surface area contributed by atoms with Crippen LogP contribution in [0.25, 0.3) is 11.1 Å². The molecule has 0 aromatic heterocycles. The van der Waals surface area contributed by atoms with Crippen LogP contribution < -0.4 is 4.74 Å². The Balaban J connectivity index is 1.55. The summed E-state index contributed by atoms with van der Waals surface area (Å²) in [6.45, 7) is 1.38. The number of aliphatic carboxylic acids is 1. The quantitative estimate of drug-likeness (QED) is 0.881. The number of amides is 1. The van der Waals surface area contributed by atoms with E-state index < -0.39 is 11.4 Å². The fourth-order valence-electron chi connectivity index (χ4n) is 4.30. The summed E-state index contributed by atoms with van der Waals surface area (Å²) in [6.07, 6.45) is 0.669. The molecule has 2 aromatic carbocycles. The van der Waals surface area contributed by atoms with Crippen LogP contribution in [0.5, 0.6) is 5.75 Å². The molecule has 2 saturated heterocycles. The first-order valence-corrected chi connectivity index (χ1v) is 9.39. The number of carboxylic acid groups (broad SMARTS) is 1. The second-order valence-electron chi connectivity index (χ2n) is 7.46. The molecule has 2 aliphatic heterocycles. The zero-order valence-corrected chi connectivity index (χ0v) is 15.8. The molecule has 0 spiro atoms. The largest absolute Gasteiger partial charge is 0.496 e. The lowest BCUT2D eigenvalue weighted by molar-refractivity contribution is -0.159. The van der Waals surface area contributed by atoms with Crippen molar-refractivity contribution >= 4 is 11.9 Å². The van der Waals surface area contributed by atoms with Crippen molar-refractivity contribution in [1.82, 2.24) is 4.90 Å². The summed E-state index contributed by atoms with van der Waals surface area (Å²) in [4.78, 5) is 26.5. The van der Waals surface area contributed by atoms with Crippen LogP contribution in [0.15, 0.2) is 48.5 Å². The summed E-state index contributed by atoms with van der Waals surface area (Å²) < 4.78 is 10.8. The summed E-state index contributed by atoms with van der Waals surface area (Å²) in [5, 5.41) is 9.75. The Bertz CT molecular complexity index is 894. The highest BCUT2D eigenvalue weighted by atomic mass is 16.5. The molecular weight excluding hydrogens is 358 g/mol. The van der Waals surface area contributed by atoms with Gasteiger partial charge in [-0.2, -0.15) is 0 Å². The predicted molar refractivity (Wildman–Crippen MR) is 103 cm³/mol. The van der Waals surface area contributed by atoms with Gasteiger partial charge in [0.2, 0.25) is 0 Å². The van der Waals surface area contributed by atoms with Crippen molar-refractivity contribution < 1.29 is 24.2 Å². The van der Waals surface area contributed by atoms with Crippen LogP contribution in [0.2, 0.25) is 0 Å². The third-order valence-corrected chi connectivity index (χ3v) is 5.93. The van der Waals surface area contributed by atoms with Crippen molar-refractivity contribution in [3.05, 3.63) is 54.1 Å². The maximum absolute atomic E-state index is 13.0. The number of ether oxygens (including phenoxy) is 2. The van der Waals surface area contributed by atoms with Crippen molar-refractivity contribution in [2.24, 2.45) is 11.3 Å². The molecule has 6 nitrogen and oxygen atoms in total. The molecule has 1 amide bonds. The topological polar surface area (TPSA) is 76.1 Å². The number of fused-ring (bicyclic) bond motifs is 1. The minimum absolute atomic E-state index is 0.0597. The van der Waals surface area contributed by atoms with Gasteiger partial charge in [0.1, 0.15) is 11.2 Å². The molecule has 4 rings (SSSR count). The molecule has 0 radical (unpaired) electrons. The SMILES string of the molecule is COc1ccccc1-c1ccc(C(=O)N2C[C@@H]3CCOC[C@]3(C(=O)O)C2)cc1. The highest BCUT2D eigenvalue weighted by Crippen LogP contribution is 2.42. The van der Waals surface area contributed by atoms with Gasteiger partial charge in [0.25, 0.3) is 5.91 Å². The van der Waals surface area contributed by atoms with Gasteiger partial charge in [0.15, 0.2) is 0 Å². The number of benzene rings is 2. The highest BCUT2D eigenvalue weighted by Gasteiger charge is 2.55. The van der Waals surface area contributed by atoms with Gasteiger partial charge in [-0.3, -0.25) is 9.59 Å². The highest BCUT2D eigenvalue weighted by molar-refractivity contribution is 5.95. The average molecular weight is 381 g/mol. The third kappa shape index (κ3) is 3.03. The van der Waals surface area contributed by atoms with Gasteiger partial charge >= 0.3 is 5.97 Å². The van der Waals surface area contributed by atoms with E-state index in [1.54, 1.807) is 24.1 Å². The van der Waals surface area contributed by atoms with Crippen LogP contribution in [-0.4, -0.2) is 55.3 Å². The Kier molecular flexibility index (Phi) is 4.81. The fraction of sp³-hybridized carbons (Fsp3) is 0.364. The first kappa shape index (κ1) is 18.5. The Morgan fingerprint density at radius 3 is 2.61 bits per heavy atom. The maximum Gasteiger partial charge on any atom is 0.314 e. The smallest absolute Gasteiger partial charge is 0.314 e. The van der Waals surface area contributed by atoms with Gasteiger partial charge in [0, 0.05) is 30.8 Å². The van der Waals surface area contributed by atoms with Gasteiger partial charge in [-0.1, -0.05) is 30.3 Å². The number of hydrogen-bond acceptors (Lipinski definition) is 4. The van der Waals surface area contributed by atoms with E-state index in [9.17, 15) is 14.7 Å². The lowest BCUT2D eigenvalue weighted by atomic mass is 9.76. The number of hydrogen-bond donors (Lipinski definition) is 1. The summed E-state index contributed by atoms with van der Waals surface area (Å²) in [5.74, 6) is -0.301. The molecule has 146 valence electrons. The Morgan fingerprint density at radius 2 is 1.93 bits per heavy atom. The van der Waals surface area contributed by atoms with Crippen molar-refractivity contribution in [3.8, 4) is 16.9 Å². The van der Waals surface area contributed by atoms with Crippen LogP contribution in [-0.2, 0) is 9.53 Å². The third-order valence-electron chi connectivity index (χ3n) is 5.93. The summed E-state index contributed by atoms with van der Waals surface area (Å²) in [6, 6.07) is 15.1. The second-order valence-corrected chi connectivity index (χ2v) is 7.46. The molecular formula is C22H23NO5. The lowest BCUT2D eigenvalue weighted by Crippen LogP contribution is -2.46. The van der Waals surface area contributed by atoms with Crippen LogP contribution >= 0.6 is 0 Å². The van der Waals surface area contributed by atoms with Gasteiger partial charge in [-0.15, -0.1) is 0 Å². The molecule has 0 bridgehead atoms. The molecule has 2 aromatic rings. The predicted octanol–water partition coefficient (Wildman–Crippen LogP) is 2.93. The number of nitrogens with zero attached hydrogens (tertiary/aromatic N) is 1. The maximum atomic E-state index is 13.0. The number of carbonyl (C=O) groups excluding carboxylic acids is 1. The molecule has 2 aliphatic rings. The summed E-state index contributed by atoms with van der Waals surface area (Å²) in [5.41, 5.74) is 1.49. The Hall–Kier alpha value is -2.86. The Labute approximate surface area is 163 Å². The molecule has 2 heterocycles. The normalized spacial score (nSPS) is 23.9. The van der Waals surface area contributed by atoms with Gasteiger partial charge in [-0.25, -0.2) is 0 Å². The van der Waals surface area contributed by atoms with Crippen molar-refractivity contribution in [3.63, 3.8) is 0 Å². The minimum atomic E-state index is -0.981. The number of carboxylic acids is 1. The Morgan fingerprint density at radius 1 is 1.18 bits per heavy atom. The number of methoxy groups -OCH3 is 1. The molecule has 28 heavy (non-hydrogen) atoms. The lowest BCUT2D eigenvalue weighted by Gasteiger charge is -2.33. The zero-order valence-electron chi connectivity index (χ0n) is 15.8. The summed E-state index contributed by atoms with van der Waals surface area (Å²) in [7, 11) is 1.63. The van der Waals surface area contributed by atoms with Gasteiger partial charge in [-0.05, 0) is 36.1 Å². The summed E-state index contributed by atoms with van der Waals surface area (Å²) >= 11 is 0. The standard InChI is InChI=1S/C22H23NO5/c1-27-19-5-3-2-4-18(19)15-6-8-16(9-7-15)20(24)23-12-17-10-11-28-14-22(17,13-23)21(25)26/h2-9,17H,10-14H2,1H3,(H,25,26)/t17-,22+/m0/s1. The number of rotatable bonds is 4. The van der Waals surface area contributed by atoms with E-state index in [4.69, 9.17) is 9.47 Å². The van der Waals surface area contributed by atoms with E-state index in [1.807, 2.05) is 36.4 Å². The fourth-order valence-corrected chi connectivity index (χ4v) is 4.30. The monoisotopic (exact) mass is 381 g/mol.